The van der Waals surface area contributed by atoms with E-state index in [0.29, 0.717) is 0 Å². The minimum absolute atomic E-state index is 0.759. The van der Waals surface area contributed by atoms with Crippen LogP contribution in [0.1, 0.15) is 18.4 Å². The lowest BCUT2D eigenvalue weighted by Gasteiger charge is -2.09. The van der Waals surface area contributed by atoms with E-state index in [1.54, 1.807) is 0 Å². The van der Waals surface area contributed by atoms with Gasteiger partial charge in [-0.3, -0.25) is 0 Å². The van der Waals surface area contributed by atoms with Crippen molar-refractivity contribution in [3.05, 3.63) is 63.6 Å². The van der Waals surface area contributed by atoms with Gasteiger partial charge in [0.1, 0.15) is 0 Å². The average Bonchev–Trinajstić information content (AvgIpc) is 2.43. The maximum Gasteiger partial charge on any atom is 0.0499 e. The van der Waals surface area contributed by atoms with E-state index in [0.717, 1.165) is 34.6 Å². The molecule has 0 bridgehead atoms. The highest BCUT2D eigenvalue weighted by molar-refractivity contribution is 9.10. The number of aryl methyl sites for hydroxylation is 1. The lowest BCUT2D eigenvalue weighted by molar-refractivity contribution is 0.763. The van der Waals surface area contributed by atoms with Crippen molar-refractivity contribution in [1.29, 1.82) is 0 Å². The quantitative estimate of drug-likeness (QED) is 0.682. The average molecular weight is 339 g/mol. The molecule has 0 amide bonds. The molecule has 0 unspecified atom stereocenters. The third-order valence-electron chi connectivity index (χ3n) is 2.98. The molecule has 0 aromatic heterocycles. The van der Waals surface area contributed by atoms with Gasteiger partial charge in [-0.15, -0.1) is 0 Å². The van der Waals surface area contributed by atoms with Gasteiger partial charge in [-0.1, -0.05) is 41.9 Å². The van der Waals surface area contributed by atoms with Crippen molar-refractivity contribution in [2.45, 2.75) is 19.3 Å². The van der Waals surface area contributed by atoms with Crippen molar-refractivity contribution in [3.63, 3.8) is 0 Å². The normalized spacial score (nSPS) is 10.4. The third-order valence-corrected chi connectivity index (χ3v) is 3.91. The van der Waals surface area contributed by atoms with Crippen LogP contribution in [0.25, 0.3) is 0 Å². The highest BCUT2D eigenvalue weighted by atomic mass is 79.9. The summed E-state index contributed by atoms with van der Waals surface area (Å²) in [5.74, 6) is 0. The molecular formula is C16H17BrClN. The highest BCUT2D eigenvalue weighted by Crippen LogP contribution is 2.25. The van der Waals surface area contributed by atoms with Gasteiger partial charge in [-0.05, 0) is 59.0 Å². The molecule has 100 valence electrons. The fourth-order valence-corrected chi connectivity index (χ4v) is 2.51. The standard InChI is InChI=1S/C16H17BrClN/c17-15-10-9-14(18)12-16(15)19-11-5-4-8-13-6-2-1-3-7-13/h1-3,6-7,9-10,12,19H,4-5,8,11H2. The molecule has 2 aromatic carbocycles. The van der Waals surface area contributed by atoms with Gasteiger partial charge in [0, 0.05) is 21.7 Å². The monoisotopic (exact) mass is 337 g/mol. The Hall–Kier alpha value is -0.990. The molecule has 0 aliphatic heterocycles. The first kappa shape index (κ1) is 14.4. The van der Waals surface area contributed by atoms with Crippen LogP contribution in [0.15, 0.2) is 53.0 Å². The molecular weight excluding hydrogens is 322 g/mol. The number of rotatable bonds is 6. The SMILES string of the molecule is Clc1ccc(Br)c(NCCCCc2ccccc2)c1. The molecule has 2 rings (SSSR count). The van der Waals surface area contributed by atoms with Crippen LogP contribution < -0.4 is 5.32 Å². The van der Waals surface area contributed by atoms with Crippen LogP contribution in [0.2, 0.25) is 5.02 Å². The van der Waals surface area contributed by atoms with E-state index in [9.17, 15) is 0 Å². The minimum Gasteiger partial charge on any atom is -0.384 e. The van der Waals surface area contributed by atoms with Gasteiger partial charge in [0.2, 0.25) is 0 Å². The number of unbranched alkanes of at least 4 members (excludes halogenated alkanes) is 1. The molecule has 0 spiro atoms. The van der Waals surface area contributed by atoms with Crippen LogP contribution in [0, 0.1) is 0 Å². The number of halogens is 2. The Morgan fingerprint density at radius 3 is 2.58 bits per heavy atom. The van der Waals surface area contributed by atoms with Crippen LogP contribution in [0.5, 0.6) is 0 Å². The maximum atomic E-state index is 5.98. The van der Waals surface area contributed by atoms with Crippen molar-refractivity contribution >= 4 is 33.2 Å². The van der Waals surface area contributed by atoms with Crippen molar-refractivity contribution in [2.24, 2.45) is 0 Å². The summed E-state index contributed by atoms with van der Waals surface area (Å²) in [5, 5.41) is 4.17. The van der Waals surface area contributed by atoms with Gasteiger partial charge >= 0.3 is 0 Å². The summed E-state index contributed by atoms with van der Waals surface area (Å²) in [7, 11) is 0. The Labute approximate surface area is 128 Å². The summed E-state index contributed by atoms with van der Waals surface area (Å²) in [6.45, 7) is 0.964. The molecule has 0 saturated heterocycles. The summed E-state index contributed by atoms with van der Waals surface area (Å²) in [6.07, 6.45) is 3.47. The van der Waals surface area contributed by atoms with Gasteiger partial charge in [-0.2, -0.15) is 0 Å². The third kappa shape index (κ3) is 4.88. The molecule has 19 heavy (non-hydrogen) atoms. The molecule has 0 radical (unpaired) electrons. The van der Waals surface area contributed by atoms with Gasteiger partial charge in [0.25, 0.3) is 0 Å². The van der Waals surface area contributed by atoms with Crippen molar-refractivity contribution in [3.8, 4) is 0 Å². The number of hydrogen-bond donors (Lipinski definition) is 1. The van der Waals surface area contributed by atoms with Crippen molar-refractivity contribution in [1.82, 2.24) is 0 Å². The van der Waals surface area contributed by atoms with E-state index in [1.165, 1.54) is 12.0 Å². The molecule has 0 aliphatic carbocycles. The van der Waals surface area contributed by atoms with Crippen LogP contribution >= 0.6 is 27.5 Å². The molecule has 1 nitrogen and oxygen atoms in total. The second-order valence-corrected chi connectivity index (χ2v) is 5.78. The minimum atomic E-state index is 0.759. The molecule has 0 saturated carbocycles. The predicted molar refractivity (Wildman–Crippen MR) is 87.0 cm³/mol. The van der Waals surface area contributed by atoms with Crippen molar-refractivity contribution < 1.29 is 0 Å². The van der Waals surface area contributed by atoms with E-state index in [2.05, 4.69) is 51.6 Å². The summed E-state index contributed by atoms with van der Waals surface area (Å²) in [4.78, 5) is 0. The zero-order valence-corrected chi connectivity index (χ0v) is 13.0. The Bertz CT molecular complexity index is 513. The fraction of sp³-hybridized carbons (Fsp3) is 0.250. The lowest BCUT2D eigenvalue weighted by atomic mass is 10.1. The summed E-state index contributed by atoms with van der Waals surface area (Å²) in [5.41, 5.74) is 2.47. The molecule has 3 heteroatoms. The van der Waals surface area contributed by atoms with Gasteiger partial charge in [0.05, 0.1) is 0 Å². The summed E-state index contributed by atoms with van der Waals surface area (Å²) < 4.78 is 1.06. The van der Waals surface area contributed by atoms with Crippen molar-refractivity contribution in [2.75, 3.05) is 11.9 Å². The van der Waals surface area contributed by atoms with Gasteiger partial charge in [0.15, 0.2) is 0 Å². The zero-order valence-electron chi connectivity index (χ0n) is 10.7. The van der Waals surface area contributed by atoms with Crippen LogP contribution in [0.4, 0.5) is 5.69 Å². The first-order chi connectivity index (χ1) is 9.25. The molecule has 1 N–H and O–H groups in total. The molecule has 0 aliphatic rings. The molecule has 0 fully saturated rings. The summed E-state index contributed by atoms with van der Waals surface area (Å²) >= 11 is 9.49. The second kappa shape index (κ2) is 7.56. The van der Waals surface area contributed by atoms with E-state index in [4.69, 9.17) is 11.6 Å². The van der Waals surface area contributed by atoms with Crippen LogP contribution in [-0.2, 0) is 6.42 Å². The first-order valence-corrected chi connectivity index (χ1v) is 7.65. The predicted octanol–water partition coefficient (Wildman–Crippen LogP) is 5.54. The summed E-state index contributed by atoms with van der Waals surface area (Å²) in [6, 6.07) is 16.4. The first-order valence-electron chi connectivity index (χ1n) is 6.48. The van der Waals surface area contributed by atoms with Crippen LogP contribution in [0.3, 0.4) is 0 Å². The number of nitrogens with one attached hydrogen (secondary N) is 1. The smallest absolute Gasteiger partial charge is 0.0499 e. The molecule has 2 aromatic rings. The van der Waals surface area contributed by atoms with Gasteiger partial charge in [-0.25, -0.2) is 0 Å². The number of anilines is 1. The largest absolute Gasteiger partial charge is 0.384 e. The van der Waals surface area contributed by atoms with E-state index >= 15 is 0 Å². The zero-order chi connectivity index (χ0) is 13.5. The second-order valence-electron chi connectivity index (χ2n) is 4.49. The van der Waals surface area contributed by atoms with E-state index in [1.807, 2.05) is 18.2 Å². The Morgan fingerprint density at radius 1 is 1.00 bits per heavy atom. The van der Waals surface area contributed by atoms with E-state index in [-0.39, 0.29) is 0 Å². The Kier molecular flexibility index (Phi) is 5.74. The van der Waals surface area contributed by atoms with Gasteiger partial charge < -0.3 is 5.32 Å². The van der Waals surface area contributed by atoms with E-state index < -0.39 is 0 Å². The molecule has 0 heterocycles. The number of hydrogen-bond acceptors (Lipinski definition) is 1. The highest BCUT2D eigenvalue weighted by Gasteiger charge is 2.00. The topological polar surface area (TPSA) is 12.0 Å². The maximum absolute atomic E-state index is 5.98. The molecule has 0 atom stereocenters. The Balaban J connectivity index is 1.71. The lowest BCUT2D eigenvalue weighted by Crippen LogP contribution is -2.02. The number of benzene rings is 2. The fourth-order valence-electron chi connectivity index (χ4n) is 1.95. The van der Waals surface area contributed by atoms with Crippen LogP contribution in [-0.4, -0.2) is 6.54 Å². The Morgan fingerprint density at radius 2 is 1.79 bits per heavy atom.